The fourth-order valence-corrected chi connectivity index (χ4v) is 3.01. The SMILES string of the molecule is CN(CCc1nc(-c2ccccc2)no1)C(=O)Nc1cccc2c1CNC2=O. The number of urea groups is 1. The molecule has 2 N–H and O–H groups in total. The molecule has 2 aromatic carbocycles. The number of hydrogen-bond donors (Lipinski definition) is 2. The van der Waals surface area contributed by atoms with Gasteiger partial charge in [-0.05, 0) is 12.1 Å². The normalized spacial score (nSPS) is 12.4. The van der Waals surface area contributed by atoms with E-state index in [1.165, 1.54) is 4.90 Å². The minimum absolute atomic E-state index is 0.120. The van der Waals surface area contributed by atoms with Gasteiger partial charge in [0.1, 0.15) is 0 Å². The van der Waals surface area contributed by atoms with Crippen LogP contribution < -0.4 is 10.6 Å². The van der Waals surface area contributed by atoms with Gasteiger partial charge in [0.15, 0.2) is 0 Å². The molecule has 8 heteroatoms. The molecule has 1 aromatic heterocycles. The molecule has 1 aliphatic heterocycles. The van der Waals surface area contributed by atoms with Crippen molar-refractivity contribution in [2.45, 2.75) is 13.0 Å². The molecule has 0 spiro atoms. The molecular formula is C20H19N5O3. The number of hydrogen-bond acceptors (Lipinski definition) is 5. The standard InChI is InChI=1S/C20H19N5O3/c1-25(11-10-17-23-18(24-28-17)13-6-3-2-4-7-13)20(27)22-16-9-5-8-14-15(16)12-21-19(14)26/h2-9H,10-12H2,1H3,(H,21,26)(H,22,27). The van der Waals surface area contributed by atoms with Crippen LogP contribution in [-0.4, -0.2) is 40.6 Å². The van der Waals surface area contributed by atoms with Gasteiger partial charge >= 0.3 is 6.03 Å². The molecule has 3 aromatic rings. The smallest absolute Gasteiger partial charge is 0.321 e. The summed E-state index contributed by atoms with van der Waals surface area (Å²) in [7, 11) is 1.69. The highest BCUT2D eigenvalue weighted by atomic mass is 16.5. The molecule has 3 amide bonds. The van der Waals surface area contributed by atoms with E-state index in [0.29, 0.717) is 42.5 Å². The molecule has 0 bridgehead atoms. The van der Waals surface area contributed by atoms with Gasteiger partial charge in [0.2, 0.25) is 11.7 Å². The van der Waals surface area contributed by atoms with Crippen molar-refractivity contribution in [3.8, 4) is 11.4 Å². The molecule has 2 heterocycles. The summed E-state index contributed by atoms with van der Waals surface area (Å²) in [6, 6.07) is 14.6. The Balaban J connectivity index is 1.36. The number of carbonyl (C=O) groups excluding carboxylic acids is 2. The predicted octanol–water partition coefficient (Wildman–Crippen LogP) is 2.69. The highest BCUT2D eigenvalue weighted by molar-refractivity contribution is 6.01. The van der Waals surface area contributed by atoms with Gasteiger partial charge in [-0.3, -0.25) is 4.79 Å². The molecule has 1 aliphatic rings. The van der Waals surface area contributed by atoms with Crippen molar-refractivity contribution in [3.63, 3.8) is 0 Å². The van der Waals surface area contributed by atoms with Gasteiger partial charge in [0.05, 0.1) is 0 Å². The molecular weight excluding hydrogens is 358 g/mol. The summed E-state index contributed by atoms with van der Waals surface area (Å²) in [6.07, 6.45) is 0.441. The molecule has 28 heavy (non-hydrogen) atoms. The first-order chi connectivity index (χ1) is 13.6. The Labute approximate surface area is 161 Å². The Hall–Kier alpha value is -3.68. The maximum Gasteiger partial charge on any atom is 0.321 e. The molecule has 8 nitrogen and oxygen atoms in total. The average molecular weight is 377 g/mol. The number of anilines is 1. The molecule has 4 rings (SSSR count). The lowest BCUT2D eigenvalue weighted by Crippen LogP contribution is -2.33. The number of carbonyl (C=O) groups is 2. The van der Waals surface area contributed by atoms with Gasteiger partial charge in [-0.25, -0.2) is 4.79 Å². The van der Waals surface area contributed by atoms with Crippen LogP contribution in [0.25, 0.3) is 11.4 Å². The third-order valence-corrected chi connectivity index (χ3v) is 4.60. The van der Waals surface area contributed by atoms with Crippen molar-refractivity contribution in [2.24, 2.45) is 0 Å². The number of benzene rings is 2. The molecule has 0 radical (unpaired) electrons. The number of fused-ring (bicyclic) bond motifs is 1. The van der Waals surface area contributed by atoms with Crippen LogP contribution in [0.1, 0.15) is 21.8 Å². The number of aromatic nitrogens is 2. The summed E-state index contributed by atoms with van der Waals surface area (Å²) in [5.41, 5.74) is 2.92. The second-order valence-electron chi connectivity index (χ2n) is 6.49. The van der Waals surface area contributed by atoms with Crippen LogP contribution in [0.5, 0.6) is 0 Å². The van der Waals surface area contributed by atoms with Gasteiger partial charge in [-0.15, -0.1) is 0 Å². The second-order valence-corrected chi connectivity index (χ2v) is 6.49. The highest BCUT2D eigenvalue weighted by Gasteiger charge is 2.22. The summed E-state index contributed by atoms with van der Waals surface area (Å²) < 4.78 is 5.27. The summed E-state index contributed by atoms with van der Waals surface area (Å²) in [4.78, 5) is 30.1. The first kappa shape index (κ1) is 17.7. The minimum atomic E-state index is -0.268. The number of amides is 3. The van der Waals surface area contributed by atoms with Gasteiger partial charge in [-0.2, -0.15) is 4.98 Å². The Bertz CT molecular complexity index is 1020. The Morgan fingerprint density at radius 2 is 2.04 bits per heavy atom. The predicted molar refractivity (Wildman–Crippen MR) is 103 cm³/mol. The fraction of sp³-hybridized carbons (Fsp3) is 0.200. The van der Waals surface area contributed by atoms with E-state index in [0.717, 1.165) is 11.1 Å². The van der Waals surface area contributed by atoms with E-state index < -0.39 is 0 Å². The lowest BCUT2D eigenvalue weighted by Gasteiger charge is -2.18. The lowest BCUT2D eigenvalue weighted by atomic mass is 10.1. The zero-order valence-electron chi connectivity index (χ0n) is 15.3. The van der Waals surface area contributed by atoms with Crippen LogP contribution in [0.15, 0.2) is 53.1 Å². The van der Waals surface area contributed by atoms with E-state index in [4.69, 9.17) is 4.52 Å². The topological polar surface area (TPSA) is 100 Å². The Morgan fingerprint density at radius 1 is 1.21 bits per heavy atom. The summed E-state index contributed by atoms with van der Waals surface area (Å²) in [5, 5.41) is 9.60. The van der Waals surface area contributed by atoms with E-state index in [1.54, 1.807) is 25.2 Å². The molecule has 0 saturated carbocycles. The number of rotatable bonds is 5. The molecule has 0 fully saturated rings. The second kappa shape index (κ2) is 7.51. The molecule has 0 saturated heterocycles. The van der Waals surface area contributed by atoms with E-state index in [2.05, 4.69) is 20.8 Å². The zero-order chi connectivity index (χ0) is 19.5. The monoisotopic (exact) mass is 377 g/mol. The molecule has 142 valence electrons. The summed E-state index contributed by atoms with van der Waals surface area (Å²) in [5.74, 6) is 0.874. The Kier molecular flexibility index (Phi) is 4.76. The number of nitrogens with zero attached hydrogens (tertiary/aromatic N) is 3. The van der Waals surface area contributed by atoms with Crippen molar-refractivity contribution < 1.29 is 14.1 Å². The van der Waals surface area contributed by atoms with Crippen molar-refractivity contribution in [1.82, 2.24) is 20.4 Å². The van der Waals surface area contributed by atoms with E-state index in [-0.39, 0.29) is 11.9 Å². The van der Waals surface area contributed by atoms with E-state index >= 15 is 0 Å². The van der Waals surface area contributed by atoms with Crippen LogP contribution in [0.3, 0.4) is 0 Å². The zero-order valence-corrected chi connectivity index (χ0v) is 15.3. The summed E-state index contributed by atoms with van der Waals surface area (Å²) >= 11 is 0. The maximum atomic E-state index is 12.5. The first-order valence-electron chi connectivity index (χ1n) is 8.92. The summed E-state index contributed by atoms with van der Waals surface area (Å²) in [6.45, 7) is 0.826. The number of likely N-dealkylation sites (N-methyl/N-ethyl adjacent to an activating group) is 1. The third kappa shape index (κ3) is 3.57. The quantitative estimate of drug-likeness (QED) is 0.712. The van der Waals surface area contributed by atoms with Gasteiger partial charge in [-0.1, -0.05) is 41.6 Å². The maximum absolute atomic E-state index is 12.5. The number of nitrogens with one attached hydrogen (secondary N) is 2. The molecule has 0 aliphatic carbocycles. The average Bonchev–Trinajstić information content (AvgIpc) is 3.35. The largest absolute Gasteiger partial charge is 0.348 e. The van der Waals surface area contributed by atoms with Crippen molar-refractivity contribution in [1.29, 1.82) is 0 Å². The molecule has 0 atom stereocenters. The van der Waals surface area contributed by atoms with Crippen molar-refractivity contribution >= 4 is 17.6 Å². The lowest BCUT2D eigenvalue weighted by molar-refractivity contribution is 0.0965. The van der Waals surface area contributed by atoms with Crippen LogP contribution in [0.4, 0.5) is 10.5 Å². The molecule has 0 unspecified atom stereocenters. The van der Waals surface area contributed by atoms with Gasteiger partial charge in [0, 0.05) is 48.9 Å². The van der Waals surface area contributed by atoms with Gasteiger partial charge in [0.25, 0.3) is 5.91 Å². The highest BCUT2D eigenvalue weighted by Crippen LogP contribution is 2.24. The van der Waals surface area contributed by atoms with Crippen LogP contribution in [0.2, 0.25) is 0 Å². The van der Waals surface area contributed by atoms with Crippen LogP contribution in [-0.2, 0) is 13.0 Å². The third-order valence-electron chi connectivity index (χ3n) is 4.60. The van der Waals surface area contributed by atoms with Crippen molar-refractivity contribution in [3.05, 3.63) is 65.5 Å². The van der Waals surface area contributed by atoms with Gasteiger partial charge < -0.3 is 20.1 Å². The van der Waals surface area contributed by atoms with Crippen LogP contribution >= 0.6 is 0 Å². The van der Waals surface area contributed by atoms with Crippen molar-refractivity contribution in [2.75, 3.05) is 18.9 Å². The van der Waals surface area contributed by atoms with Crippen LogP contribution in [0, 0.1) is 0 Å². The fourth-order valence-electron chi connectivity index (χ4n) is 3.01. The minimum Gasteiger partial charge on any atom is -0.348 e. The Morgan fingerprint density at radius 3 is 2.86 bits per heavy atom. The van der Waals surface area contributed by atoms with E-state index in [1.807, 2.05) is 30.3 Å². The van der Waals surface area contributed by atoms with E-state index in [9.17, 15) is 9.59 Å². The first-order valence-corrected chi connectivity index (χ1v) is 8.92.